The summed E-state index contributed by atoms with van der Waals surface area (Å²) in [6.07, 6.45) is 9.73. The van der Waals surface area contributed by atoms with Crippen LogP contribution in [0.5, 0.6) is 0 Å². The third kappa shape index (κ3) is 4.18. The summed E-state index contributed by atoms with van der Waals surface area (Å²) in [7, 11) is 0. The Morgan fingerprint density at radius 3 is 2.47 bits per heavy atom. The van der Waals surface area contributed by atoms with Crippen LogP contribution in [0, 0.1) is 11.8 Å². The van der Waals surface area contributed by atoms with E-state index in [-0.39, 0.29) is 24.2 Å². The topological polar surface area (TPSA) is 0 Å². The lowest BCUT2D eigenvalue weighted by Crippen LogP contribution is -2.15. The van der Waals surface area contributed by atoms with Gasteiger partial charge in [0.05, 0.1) is 5.48 Å². The zero-order valence-corrected chi connectivity index (χ0v) is 10.9. The molecule has 0 radical (unpaired) electrons. The van der Waals surface area contributed by atoms with Crippen LogP contribution < -0.4 is 0 Å². The molecule has 0 N–H and O–H groups in total. The highest BCUT2D eigenvalue weighted by atomic mass is 14.3. The second-order valence-corrected chi connectivity index (χ2v) is 5.40. The zero-order valence-electron chi connectivity index (χ0n) is 14.9. The van der Waals surface area contributed by atoms with Gasteiger partial charge in [-0.1, -0.05) is 75.7 Å². The van der Waals surface area contributed by atoms with Crippen molar-refractivity contribution >= 4 is 0 Å². The number of rotatable bonds is 5. The summed E-state index contributed by atoms with van der Waals surface area (Å²) in [6.45, 7) is 2.26. The van der Waals surface area contributed by atoms with Crippen LogP contribution in [0.25, 0.3) is 0 Å². The van der Waals surface area contributed by atoms with Crippen LogP contribution in [-0.4, -0.2) is 0 Å². The van der Waals surface area contributed by atoms with Gasteiger partial charge in [-0.2, -0.15) is 0 Å². The Balaban J connectivity index is 1.90. The standard InChI is InChI=1S/C17H26/c1-2-6-15-9-12-17(13-10-15)14-11-16-7-4-3-5-8-16/h3-5,7-8,15,17H,2,6,9-14H2,1H3/i3D,4D,5D,7D. The molecular formula is C17H26. The van der Waals surface area contributed by atoms with Gasteiger partial charge in [0, 0.05) is 0 Å². The van der Waals surface area contributed by atoms with Gasteiger partial charge in [-0.15, -0.1) is 0 Å². The van der Waals surface area contributed by atoms with Crippen LogP contribution in [0.15, 0.2) is 30.2 Å². The highest BCUT2D eigenvalue weighted by Crippen LogP contribution is 2.33. The van der Waals surface area contributed by atoms with E-state index in [0.717, 1.165) is 30.2 Å². The monoisotopic (exact) mass is 234 g/mol. The highest BCUT2D eigenvalue weighted by Gasteiger charge is 2.20. The smallest absolute Gasteiger partial charge is 0.0626 e. The van der Waals surface area contributed by atoms with E-state index >= 15 is 0 Å². The maximum absolute atomic E-state index is 7.95. The van der Waals surface area contributed by atoms with Crippen molar-refractivity contribution in [1.29, 1.82) is 0 Å². The van der Waals surface area contributed by atoms with Gasteiger partial charge in [-0.25, -0.2) is 0 Å². The zero-order chi connectivity index (χ0) is 15.4. The average Bonchev–Trinajstić information content (AvgIpc) is 2.49. The minimum Gasteiger partial charge on any atom is -0.0654 e. The molecule has 0 unspecified atom stereocenters. The highest BCUT2D eigenvalue weighted by molar-refractivity contribution is 5.14. The second-order valence-electron chi connectivity index (χ2n) is 5.40. The molecular weight excluding hydrogens is 204 g/mol. The molecule has 1 aromatic rings. The Morgan fingerprint density at radius 2 is 1.76 bits per heavy atom. The molecule has 1 aliphatic carbocycles. The van der Waals surface area contributed by atoms with E-state index in [1.165, 1.54) is 38.5 Å². The van der Waals surface area contributed by atoms with Crippen molar-refractivity contribution < 1.29 is 5.48 Å². The summed E-state index contributed by atoms with van der Waals surface area (Å²) in [6, 6.07) is 1.63. The summed E-state index contributed by atoms with van der Waals surface area (Å²) in [4.78, 5) is 0. The SMILES string of the molecule is [2H]c1cc(CCC2CCC(CCC)CC2)c([2H])c([2H])c1[2H]. The van der Waals surface area contributed by atoms with Crippen molar-refractivity contribution in [2.75, 3.05) is 0 Å². The Kier molecular flexibility index (Phi) is 3.35. The van der Waals surface area contributed by atoms with E-state index < -0.39 is 0 Å². The molecule has 0 nitrogen and oxygen atoms in total. The van der Waals surface area contributed by atoms with E-state index in [9.17, 15) is 0 Å². The lowest BCUT2D eigenvalue weighted by Gasteiger charge is -2.28. The quantitative estimate of drug-likeness (QED) is 0.654. The summed E-state index contributed by atoms with van der Waals surface area (Å²) >= 11 is 0. The number of aryl methyl sites for hydroxylation is 1. The fraction of sp³-hybridized carbons (Fsp3) is 0.647. The normalized spacial score (nSPS) is 28.1. The lowest BCUT2D eigenvalue weighted by molar-refractivity contribution is 0.252. The first-order valence-electron chi connectivity index (χ1n) is 9.09. The van der Waals surface area contributed by atoms with Crippen molar-refractivity contribution in [2.24, 2.45) is 11.8 Å². The summed E-state index contributed by atoms with van der Waals surface area (Å²) < 4.78 is 31.0. The molecule has 1 saturated carbocycles. The van der Waals surface area contributed by atoms with Crippen LogP contribution in [0.2, 0.25) is 0 Å². The minimum atomic E-state index is -0.121. The molecule has 0 spiro atoms. The van der Waals surface area contributed by atoms with Gasteiger partial charge in [-0.05, 0) is 30.2 Å². The predicted molar refractivity (Wildman–Crippen MR) is 75.1 cm³/mol. The molecule has 2 rings (SSSR count). The van der Waals surface area contributed by atoms with Crippen LogP contribution in [0.1, 0.15) is 62.9 Å². The Labute approximate surface area is 112 Å². The van der Waals surface area contributed by atoms with E-state index in [1.807, 2.05) is 0 Å². The Bertz CT molecular complexity index is 476. The Morgan fingerprint density at radius 1 is 1.06 bits per heavy atom. The fourth-order valence-electron chi connectivity index (χ4n) is 3.02. The van der Waals surface area contributed by atoms with Crippen molar-refractivity contribution in [3.63, 3.8) is 0 Å². The van der Waals surface area contributed by atoms with E-state index in [4.69, 9.17) is 5.48 Å². The molecule has 0 heterocycles. The van der Waals surface area contributed by atoms with Gasteiger partial charge >= 0.3 is 0 Å². The van der Waals surface area contributed by atoms with Crippen molar-refractivity contribution in [2.45, 2.75) is 58.3 Å². The molecule has 0 bridgehead atoms. The van der Waals surface area contributed by atoms with Crippen LogP contribution in [0.4, 0.5) is 0 Å². The summed E-state index contributed by atoms with van der Waals surface area (Å²) in [5.41, 5.74) is 0.775. The maximum atomic E-state index is 7.95. The van der Waals surface area contributed by atoms with Gasteiger partial charge in [0.1, 0.15) is 0 Å². The second kappa shape index (κ2) is 6.83. The third-order valence-corrected chi connectivity index (χ3v) is 4.09. The fourth-order valence-corrected chi connectivity index (χ4v) is 3.02. The molecule has 0 saturated heterocycles. The molecule has 1 fully saturated rings. The predicted octanol–water partition coefficient (Wildman–Crippen LogP) is 5.23. The van der Waals surface area contributed by atoms with E-state index in [0.29, 0.717) is 0 Å². The van der Waals surface area contributed by atoms with Crippen molar-refractivity contribution in [1.82, 2.24) is 0 Å². The first kappa shape index (κ1) is 8.34. The van der Waals surface area contributed by atoms with Gasteiger partial charge in [-0.3, -0.25) is 0 Å². The molecule has 0 aromatic heterocycles. The maximum Gasteiger partial charge on any atom is 0.0626 e. The Hall–Kier alpha value is -0.780. The molecule has 1 aromatic carbocycles. The number of benzene rings is 1. The third-order valence-electron chi connectivity index (χ3n) is 4.09. The van der Waals surface area contributed by atoms with Crippen LogP contribution >= 0.6 is 0 Å². The molecule has 94 valence electrons. The van der Waals surface area contributed by atoms with Crippen molar-refractivity contribution in [3.05, 3.63) is 35.8 Å². The number of hydrogen-bond acceptors (Lipinski definition) is 0. The van der Waals surface area contributed by atoms with Gasteiger partial charge < -0.3 is 0 Å². The molecule has 0 heteroatoms. The summed E-state index contributed by atoms with van der Waals surface area (Å²) in [5.74, 6) is 1.65. The molecule has 0 amide bonds. The van der Waals surface area contributed by atoms with Crippen LogP contribution in [-0.2, 0) is 6.42 Å². The molecule has 0 atom stereocenters. The largest absolute Gasteiger partial charge is 0.0654 e. The molecule has 0 aliphatic heterocycles. The van der Waals surface area contributed by atoms with Gasteiger partial charge in [0.15, 0.2) is 0 Å². The average molecular weight is 234 g/mol. The lowest BCUT2D eigenvalue weighted by atomic mass is 9.78. The first-order chi connectivity index (χ1) is 10.0. The van der Waals surface area contributed by atoms with E-state index in [1.54, 1.807) is 6.07 Å². The first-order valence-corrected chi connectivity index (χ1v) is 7.09. The minimum absolute atomic E-state index is 0.0812. The van der Waals surface area contributed by atoms with Crippen molar-refractivity contribution in [3.8, 4) is 0 Å². The molecule has 17 heavy (non-hydrogen) atoms. The number of hydrogen-bond donors (Lipinski definition) is 0. The van der Waals surface area contributed by atoms with Crippen LogP contribution in [0.3, 0.4) is 0 Å². The van der Waals surface area contributed by atoms with Gasteiger partial charge in [0.25, 0.3) is 0 Å². The van der Waals surface area contributed by atoms with Gasteiger partial charge in [0.2, 0.25) is 0 Å². The summed E-state index contributed by atoms with van der Waals surface area (Å²) in [5, 5.41) is 0. The molecule has 1 aliphatic rings. The van der Waals surface area contributed by atoms with E-state index in [2.05, 4.69) is 6.92 Å².